The quantitative estimate of drug-likeness (QED) is 0.221. The van der Waals surface area contributed by atoms with E-state index in [0.29, 0.717) is 28.3 Å². The number of hydrogen-bond donors (Lipinski definition) is 2. The van der Waals surface area contributed by atoms with Crippen LogP contribution in [0.25, 0.3) is 10.8 Å². The standard InChI is InChI=1S/C35H35BrN4O5.ClH/c1-20(37-4)33(42)38-32-21(2)40(34(43)24-12-10-23(11-13-24)22(3)41)30-9-7-6-8-29(30)39(35(32)44)19-28-27-16-15-26(36)18-25(27)14-17-31(28)45-5;/h6-18,20-21,32,37H,19H2,1-5H3,(H,38,42);1H/t20-,21-,32-;/m0./s1. The van der Waals surface area contributed by atoms with Gasteiger partial charge in [0, 0.05) is 21.2 Å². The van der Waals surface area contributed by atoms with Crippen LogP contribution in [0.15, 0.2) is 83.3 Å². The molecule has 240 valence electrons. The number of benzene rings is 4. The van der Waals surface area contributed by atoms with E-state index >= 15 is 0 Å². The summed E-state index contributed by atoms with van der Waals surface area (Å²) in [5.74, 6) is -0.616. The van der Waals surface area contributed by atoms with Gasteiger partial charge in [0.2, 0.25) is 5.91 Å². The third-order valence-corrected chi connectivity index (χ3v) is 8.81. The molecule has 3 atom stereocenters. The number of ether oxygens (including phenoxy) is 1. The molecule has 0 aromatic heterocycles. The topological polar surface area (TPSA) is 108 Å². The highest BCUT2D eigenvalue weighted by Crippen LogP contribution is 2.39. The summed E-state index contributed by atoms with van der Waals surface area (Å²) in [5, 5.41) is 7.71. The van der Waals surface area contributed by atoms with Gasteiger partial charge in [0.05, 0.1) is 37.1 Å². The number of anilines is 2. The lowest BCUT2D eigenvalue weighted by Gasteiger charge is -2.32. The molecule has 46 heavy (non-hydrogen) atoms. The first kappa shape index (κ1) is 34.6. The van der Waals surface area contributed by atoms with E-state index in [1.54, 1.807) is 74.2 Å². The number of methoxy groups -OCH3 is 1. The van der Waals surface area contributed by atoms with Gasteiger partial charge in [0.15, 0.2) is 5.78 Å². The van der Waals surface area contributed by atoms with Gasteiger partial charge in [-0.3, -0.25) is 19.2 Å². The van der Waals surface area contributed by atoms with Crippen molar-refractivity contribution in [1.29, 1.82) is 0 Å². The Balaban J connectivity index is 0.00000480. The van der Waals surface area contributed by atoms with E-state index in [4.69, 9.17) is 4.74 Å². The minimum Gasteiger partial charge on any atom is -0.496 e. The molecule has 0 spiro atoms. The number of nitrogens with zero attached hydrogens (tertiary/aromatic N) is 2. The minimum atomic E-state index is -1.09. The number of hydrogen-bond acceptors (Lipinski definition) is 6. The van der Waals surface area contributed by atoms with Gasteiger partial charge in [-0.1, -0.05) is 52.3 Å². The lowest BCUT2D eigenvalue weighted by molar-refractivity contribution is -0.128. The van der Waals surface area contributed by atoms with Gasteiger partial charge in [0.1, 0.15) is 11.8 Å². The number of fused-ring (bicyclic) bond motifs is 2. The molecule has 0 fully saturated rings. The first-order valence-corrected chi connectivity index (χ1v) is 15.4. The molecule has 1 aliphatic heterocycles. The van der Waals surface area contributed by atoms with Gasteiger partial charge in [0.25, 0.3) is 11.8 Å². The average molecular weight is 708 g/mol. The van der Waals surface area contributed by atoms with E-state index in [1.165, 1.54) is 6.92 Å². The van der Waals surface area contributed by atoms with Crippen molar-refractivity contribution in [3.8, 4) is 5.75 Å². The SMILES string of the molecule is CN[C@@H](C)C(=O)N[C@@H]1C(=O)N(Cc2c(OC)ccc3cc(Br)ccc23)c2ccccc2N(C(=O)c2ccc(C(C)=O)cc2)[C@H]1C.Cl. The van der Waals surface area contributed by atoms with Gasteiger partial charge >= 0.3 is 0 Å². The third kappa shape index (κ3) is 6.65. The Kier molecular flexibility index (Phi) is 10.9. The average Bonchev–Trinajstić information content (AvgIpc) is 3.12. The molecule has 1 heterocycles. The summed E-state index contributed by atoms with van der Waals surface area (Å²) in [4.78, 5) is 57.2. The van der Waals surface area contributed by atoms with E-state index in [9.17, 15) is 19.2 Å². The number of para-hydroxylation sites is 2. The molecule has 0 saturated heterocycles. The number of ketones is 1. The zero-order chi connectivity index (χ0) is 32.4. The predicted molar refractivity (Wildman–Crippen MR) is 186 cm³/mol. The zero-order valence-corrected chi connectivity index (χ0v) is 28.6. The Morgan fingerprint density at radius 3 is 2.24 bits per heavy atom. The number of likely N-dealkylation sites (N-methyl/N-ethyl adjacent to an activating group) is 1. The number of carbonyl (C=O) groups excluding carboxylic acids is 4. The Bertz CT molecular complexity index is 1800. The van der Waals surface area contributed by atoms with Gasteiger partial charge in [-0.25, -0.2) is 0 Å². The highest BCUT2D eigenvalue weighted by molar-refractivity contribution is 9.10. The van der Waals surface area contributed by atoms with Crippen molar-refractivity contribution in [3.05, 3.63) is 100 Å². The van der Waals surface area contributed by atoms with Crippen LogP contribution in [-0.2, 0) is 16.1 Å². The van der Waals surface area contributed by atoms with Crippen LogP contribution in [0.3, 0.4) is 0 Å². The number of rotatable bonds is 8. The molecule has 0 saturated carbocycles. The van der Waals surface area contributed by atoms with Crippen LogP contribution < -0.4 is 25.2 Å². The molecule has 4 aromatic carbocycles. The van der Waals surface area contributed by atoms with Gasteiger partial charge in [-0.05, 0) is 81.1 Å². The Labute approximate surface area is 282 Å². The molecule has 9 nitrogen and oxygen atoms in total. The van der Waals surface area contributed by atoms with E-state index in [2.05, 4.69) is 26.6 Å². The normalized spacial score (nSPS) is 16.6. The van der Waals surface area contributed by atoms with Crippen molar-refractivity contribution in [2.24, 2.45) is 0 Å². The molecule has 0 unspecified atom stereocenters. The minimum absolute atomic E-state index is 0. The van der Waals surface area contributed by atoms with Crippen LogP contribution >= 0.6 is 28.3 Å². The van der Waals surface area contributed by atoms with Crippen LogP contribution in [-0.4, -0.2) is 55.8 Å². The van der Waals surface area contributed by atoms with E-state index in [1.807, 2.05) is 42.5 Å². The second-order valence-corrected chi connectivity index (χ2v) is 12.0. The molecule has 11 heteroatoms. The molecule has 0 radical (unpaired) electrons. The number of amides is 3. The third-order valence-electron chi connectivity index (χ3n) is 8.32. The van der Waals surface area contributed by atoms with Gasteiger partial charge in [-0.2, -0.15) is 0 Å². The van der Waals surface area contributed by atoms with Crippen molar-refractivity contribution >= 4 is 74.0 Å². The first-order chi connectivity index (χ1) is 21.5. The summed E-state index contributed by atoms with van der Waals surface area (Å²) >= 11 is 3.54. The van der Waals surface area contributed by atoms with Crippen LogP contribution in [0.1, 0.15) is 47.1 Å². The first-order valence-electron chi connectivity index (χ1n) is 14.6. The molecule has 3 amide bonds. The van der Waals surface area contributed by atoms with Crippen LogP contribution in [0, 0.1) is 0 Å². The Morgan fingerprint density at radius 2 is 1.61 bits per heavy atom. The molecule has 5 rings (SSSR count). The van der Waals surface area contributed by atoms with Crippen LogP contribution in [0.5, 0.6) is 5.75 Å². The zero-order valence-electron chi connectivity index (χ0n) is 26.2. The highest BCUT2D eigenvalue weighted by atomic mass is 79.9. The predicted octanol–water partition coefficient (Wildman–Crippen LogP) is 5.91. The second-order valence-electron chi connectivity index (χ2n) is 11.1. The molecular weight excluding hydrogens is 672 g/mol. The number of carbonyl (C=O) groups is 4. The maximum Gasteiger partial charge on any atom is 0.258 e. The van der Waals surface area contributed by atoms with E-state index in [0.717, 1.165) is 20.8 Å². The summed E-state index contributed by atoms with van der Waals surface area (Å²) < 4.78 is 6.69. The van der Waals surface area contributed by atoms with Crippen molar-refractivity contribution in [2.45, 2.75) is 45.4 Å². The summed E-state index contributed by atoms with van der Waals surface area (Å²) in [7, 11) is 3.25. The van der Waals surface area contributed by atoms with Gasteiger partial charge in [-0.15, -0.1) is 12.4 Å². The molecular formula is C35H36BrClN4O5. The number of nitrogens with one attached hydrogen (secondary N) is 2. The molecule has 0 bridgehead atoms. The molecule has 4 aromatic rings. The Hall–Kier alpha value is -4.25. The summed E-state index contributed by atoms with van der Waals surface area (Å²) in [6.07, 6.45) is 0. The van der Waals surface area contributed by atoms with E-state index in [-0.39, 0.29) is 42.5 Å². The van der Waals surface area contributed by atoms with Crippen LogP contribution in [0.2, 0.25) is 0 Å². The highest BCUT2D eigenvalue weighted by Gasteiger charge is 2.43. The molecule has 1 aliphatic rings. The van der Waals surface area contributed by atoms with Crippen molar-refractivity contribution < 1.29 is 23.9 Å². The van der Waals surface area contributed by atoms with E-state index < -0.39 is 18.1 Å². The fraction of sp³-hybridized carbons (Fsp3) is 0.257. The fourth-order valence-electron chi connectivity index (χ4n) is 5.65. The lowest BCUT2D eigenvalue weighted by atomic mass is 10.0. The maximum absolute atomic E-state index is 14.7. The van der Waals surface area contributed by atoms with Crippen molar-refractivity contribution in [2.75, 3.05) is 24.0 Å². The van der Waals surface area contributed by atoms with Crippen molar-refractivity contribution in [1.82, 2.24) is 10.6 Å². The summed E-state index contributed by atoms with van der Waals surface area (Å²) in [6.45, 7) is 5.04. The maximum atomic E-state index is 14.7. The summed E-state index contributed by atoms with van der Waals surface area (Å²) in [5.41, 5.74) is 2.64. The smallest absolute Gasteiger partial charge is 0.258 e. The monoisotopic (exact) mass is 706 g/mol. The lowest BCUT2D eigenvalue weighted by Crippen LogP contribution is -2.59. The fourth-order valence-corrected chi connectivity index (χ4v) is 6.03. The molecule has 2 N–H and O–H groups in total. The summed E-state index contributed by atoms with van der Waals surface area (Å²) in [6, 6.07) is 21.0. The second kappa shape index (κ2) is 14.5. The largest absolute Gasteiger partial charge is 0.496 e. The van der Waals surface area contributed by atoms with Crippen LogP contribution in [0.4, 0.5) is 11.4 Å². The number of Topliss-reactive ketones (excluding diaryl/α,β-unsaturated/α-hetero) is 1. The Morgan fingerprint density at radius 1 is 0.957 bits per heavy atom. The van der Waals surface area contributed by atoms with Gasteiger partial charge < -0.3 is 25.2 Å². The molecule has 0 aliphatic carbocycles. The van der Waals surface area contributed by atoms with Crippen molar-refractivity contribution in [3.63, 3.8) is 0 Å². The number of halogens is 2.